The van der Waals surface area contributed by atoms with Crippen LogP contribution in [0.25, 0.3) is 5.69 Å². The molecule has 2 aromatic carbocycles. The van der Waals surface area contributed by atoms with Gasteiger partial charge >= 0.3 is 0 Å². The number of nitrogens with one attached hydrogen (secondary N) is 2. The Balaban J connectivity index is 1.52. The molecule has 0 radical (unpaired) electrons. The van der Waals surface area contributed by atoms with Gasteiger partial charge in [0, 0.05) is 19.2 Å². The summed E-state index contributed by atoms with van der Waals surface area (Å²) in [6.45, 7) is 1.69. The van der Waals surface area contributed by atoms with Crippen molar-refractivity contribution in [3.8, 4) is 5.69 Å². The van der Waals surface area contributed by atoms with Crippen LogP contribution in [0.2, 0.25) is 0 Å². The van der Waals surface area contributed by atoms with Crippen molar-refractivity contribution >= 4 is 15.9 Å². The molecule has 0 unspecified atom stereocenters. The van der Waals surface area contributed by atoms with Gasteiger partial charge in [0.05, 0.1) is 17.4 Å². The molecule has 29 heavy (non-hydrogen) atoms. The van der Waals surface area contributed by atoms with Gasteiger partial charge in [0.1, 0.15) is 10.7 Å². The van der Waals surface area contributed by atoms with Crippen molar-refractivity contribution in [2.75, 3.05) is 6.54 Å². The summed E-state index contributed by atoms with van der Waals surface area (Å²) in [5.74, 6) is -1.38. The largest absolute Gasteiger partial charge is 0.354 e. The highest BCUT2D eigenvalue weighted by Crippen LogP contribution is 2.13. The average molecular weight is 416 g/mol. The zero-order valence-corrected chi connectivity index (χ0v) is 16.6. The molecule has 3 rings (SSSR count). The Labute approximate surface area is 168 Å². The number of hydrogen-bond acceptors (Lipinski definition) is 4. The maximum absolute atomic E-state index is 13.7. The molecule has 1 heterocycles. The van der Waals surface area contributed by atoms with Gasteiger partial charge in [-0.15, -0.1) is 0 Å². The summed E-state index contributed by atoms with van der Waals surface area (Å²) in [5.41, 5.74) is 1.72. The zero-order valence-electron chi connectivity index (χ0n) is 15.7. The van der Waals surface area contributed by atoms with Gasteiger partial charge in [-0.05, 0) is 37.3 Å². The Morgan fingerprint density at radius 2 is 1.79 bits per heavy atom. The third-order valence-corrected chi connectivity index (χ3v) is 5.77. The van der Waals surface area contributed by atoms with Gasteiger partial charge in [0.2, 0.25) is 15.9 Å². The predicted octanol–water partition coefficient (Wildman–Crippen LogP) is 2.04. The Hall–Kier alpha value is -3.04. The summed E-state index contributed by atoms with van der Waals surface area (Å²) < 4.78 is 42.2. The fourth-order valence-electron chi connectivity index (χ4n) is 2.70. The van der Waals surface area contributed by atoms with Crippen LogP contribution in [0.3, 0.4) is 0 Å². The van der Waals surface area contributed by atoms with E-state index in [0.29, 0.717) is 6.42 Å². The Bertz CT molecular complexity index is 1080. The van der Waals surface area contributed by atoms with E-state index in [1.807, 2.05) is 42.6 Å². The molecule has 2 N–H and O–H groups in total. The molecule has 0 spiro atoms. The maximum atomic E-state index is 13.7. The third kappa shape index (κ3) is 5.27. The van der Waals surface area contributed by atoms with E-state index in [9.17, 15) is 17.6 Å². The normalized spacial score (nSPS) is 12.5. The molecule has 1 atom stereocenters. The molecule has 0 saturated carbocycles. The van der Waals surface area contributed by atoms with E-state index in [4.69, 9.17) is 0 Å². The van der Waals surface area contributed by atoms with Gasteiger partial charge in [-0.25, -0.2) is 17.5 Å². The van der Waals surface area contributed by atoms with E-state index in [-0.39, 0.29) is 6.54 Å². The summed E-state index contributed by atoms with van der Waals surface area (Å²) >= 11 is 0. The van der Waals surface area contributed by atoms with E-state index in [1.165, 1.54) is 19.1 Å². The van der Waals surface area contributed by atoms with Crippen LogP contribution in [0.5, 0.6) is 0 Å². The minimum absolute atomic E-state index is 0.288. The van der Waals surface area contributed by atoms with Crippen molar-refractivity contribution in [3.63, 3.8) is 0 Å². The number of carbonyl (C=O) groups excluding carboxylic acids is 1. The highest BCUT2D eigenvalue weighted by atomic mass is 32.2. The lowest BCUT2D eigenvalue weighted by molar-refractivity contribution is -0.122. The van der Waals surface area contributed by atoms with Crippen molar-refractivity contribution in [1.82, 2.24) is 19.8 Å². The van der Waals surface area contributed by atoms with Crippen LogP contribution in [0.4, 0.5) is 4.39 Å². The van der Waals surface area contributed by atoms with Crippen molar-refractivity contribution in [2.45, 2.75) is 24.3 Å². The van der Waals surface area contributed by atoms with Gasteiger partial charge in [0.25, 0.3) is 0 Å². The summed E-state index contributed by atoms with van der Waals surface area (Å²) in [4.78, 5) is 11.7. The molecule has 9 heteroatoms. The number of hydrogen-bond donors (Lipinski definition) is 2. The van der Waals surface area contributed by atoms with E-state index in [2.05, 4.69) is 15.1 Å². The number of nitrogens with zero attached hydrogens (tertiary/aromatic N) is 2. The number of sulfonamides is 1. The van der Waals surface area contributed by atoms with Gasteiger partial charge < -0.3 is 5.32 Å². The molecule has 0 bridgehead atoms. The van der Waals surface area contributed by atoms with Crippen molar-refractivity contribution in [1.29, 1.82) is 0 Å². The minimum Gasteiger partial charge on any atom is -0.354 e. The van der Waals surface area contributed by atoms with E-state index < -0.39 is 32.7 Å². The summed E-state index contributed by atoms with van der Waals surface area (Å²) in [6.07, 6.45) is 2.32. The van der Waals surface area contributed by atoms with Crippen LogP contribution in [0.15, 0.2) is 71.8 Å². The van der Waals surface area contributed by atoms with Crippen LogP contribution in [0.1, 0.15) is 12.6 Å². The molecule has 0 aliphatic heterocycles. The van der Waals surface area contributed by atoms with E-state index >= 15 is 0 Å². The molecule has 0 saturated heterocycles. The van der Waals surface area contributed by atoms with Crippen LogP contribution >= 0.6 is 0 Å². The second-order valence-corrected chi connectivity index (χ2v) is 8.08. The quantitative estimate of drug-likeness (QED) is 0.588. The lowest BCUT2D eigenvalue weighted by atomic mass is 10.3. The SMILES string of the molecule is C[C@H](NS(=O)(=O)c1ccccc1F)C(=O)NCCc1ccn(-c2ccccc2)n1. The third-order valence-electron chi connectivity index (χ3n) is 4.20. The number of para-hydroxylation sites is 1. The van der Waals surface area contributed by atoms with Crippen LogP contribution < -0.4 is 10.0 Å². The van der Waals surface area contributed by atoms with Crippen molar-refractivity contribution in [2.24, 2.45) is 0 Å². The number of amides is 1. The zero-order chi connectivity index (χ0) is 20.9. The molecule has 7 nitrogen and oxygen atoms in total. The fraction of sp³-hybridized carbons (Fsp3) is 0.200. The Morgan fingerprint density at radius 1 is 1.10 bits per heavy atom. The average Bonchev–Trinajstić information content (AvgIpc) is 3.17. The molecule has 1 amide bonds. The summed E-state index contributed by atoms with van der Waals surface area (Å²) in [7, 11) is -4.14. The Kier molecular flexibility index (Phi) is 6.40. The van der Waals surface area contributed by atoms with Gasteiger partial charge in [-0.2, -0.15) is 9.82 Å². The highest BCUT2D eigenvalue weighted by molar-refractivity contribution is 7.89. The fourth-order valence-corrected chi connectivity index (χ4v) is 3.98. The van der Waals surface area contributed by atoms with Crippen molar-refractivity contribution in [3.05, 3.63) is 78.4 Å². The number of aromatic nitrogens is 2. The molecule has 1 aromatic heterocycles. The topological polar surface area (TPSA) is 93.1 Å². The van der Waals surface area contributed by atoms with Gasteiger partial charge in [-0.3, -0.25) is 4.79 Å². The first-order chi connectivity index (χ1) is 13.9. The summed E-state index contributed by atoms with van der Waals surface area (Å²) in [6, 6.07) is 15.4. The standard InChI is InChI=1S/C20H21FN4O3S/c1-15(24-29(27,28)19-10-6-5-9-18(19)21)20(26)22-13-11-16-12-14-25(23-16)17-7-3-2-4-8-17/h2-10,12,14-15,24H,11,13H2,1H3,(H,22,26)/t15-/m0/s1. The smallest absolute Gasteiger partial charge is 0.244 e. The molecular weight excluding hydrogens is 395 g/mol. The maximum Gasteiger partial charge on any atom is 0.244 e. The lowest BCUT2D eigenvalue weighted by Gasteiger charge is -2.14. The molecule has 3 aromatic rings. The van der Waals surface area contributed by atoms with Crippen molar-refractivity contribution < 1.29 is 17.6 Å². The first-order valence-corrected chi connectivity index (χ1v) is 10.5. The first kappa shape index (κ1) is 20.7. The second-order valence-electron chi connectivity index (χ2n) is 6.40. The molecule has 0 fully saturated rings. The molecular formula is C20H21FN4O3S. The van der Waals surface area contributed by atoms with Gasteiger partial charge in [0.15, 0.2) is 0 Å². The van der Waals surface area contributed by atoms with Crippen LogP contribution in [-0.4, -0.2) is 36.7 Å². The van der Waals surface area contributed by atoms with E-state index in [1.54, 1.807) is 4.68 Å². The molecule has 152 valence electrons. The monoisotopic (exact) mass is 416 g/mol. The minimum atomic E-state index is -4.14. The number of rotatable bonds is 8. The van der Waals surface area contributed by atoms with Crippen LogP contribution in [0, 0.1) is 5.82 Å². The highest BCUT2D eigenvalue weighted by Gasteiger charge is 2.24. The second kappa shape index (κ2) is 8.97. The lowest BCUT2D eigenvalue weighted by Crippen LogP contribution is -2.45. The molecule has 0 aliphatic carbocycles. The predicted molar refractivity (Wildman–Crippen MR) is 106 cm³/mol. The Morgan fingerprint density at radius 3 is 2.52 bits per heavy atom. The molecule has 0 aliphatic rings. The first-order valence-electron chi connectivity index (χ1n) is 9.01. The van der Waals surface area contributed by atoms with Crippen LogP contribution in [-0.2, 0) is 21.2 Å². The number of benzene rings is 2. The van der Waals surface area contributed by atoms with E-state index in [0.717, 1.165) is 23.5 Å². The summed E-state index contributed by atoms with van der Waals surface area (Å²) in [5, 5.41) is 7.10. The van der Waals surface area contributed by atoms with Gasteiger partial charge in [-0.1, -0.05) is 30.3 Å². The number of halogens is 1. The number of carbonyl (C=O) groups is 1.